The number of carbonyl (C=O) groups is 1. The SMILES string of the molecule is COC(=O)c1ccc(OCc2cc([N+](=O)[O-])cc3c2OCOC3)cc1. The van der Waals surface area contributed by atoms with Gasteiger partial charge in [-0.1, -0.05) is 0 Å². The summed E-state index contributed by atoms with van der Waals surface area (Å²) in [6.07, 6.45) is 0. The third-order valence-corrected chi connectivity index (χ3v) is 3.65. The van der Waals surface area contributed by atoms with E-state index in [1.807, 2.05) is 0 Å². The maximum atomic E-state index is 11.4. The summed E-state index contributed by atoms with van der Waals surface area (Å²) in [6, 6.07) is 9.26. The predicted molar refractivity (Wildman–Crippen MR) is 85.5 cm³/mol. The first kappa shape index (κ1) is 16.7. The van der Waals surface area contributed by atoms with Gasteiger partial charge < -0.3 is 18.9 Å². The van der Waals surface area contributed by atoms with E-state index in [2.05, 4.69) is 4.74 Å². The topological polar surface area (TPSA) is 97.1 Å². The van der Waals surface area contributed by atoms with Gasteiger partial charge in [-0.15, -0.1) is 0 Å². The predicted octanol–water partition coefficient (Wildman–Crippen LogP) is 2.83. The lowest BCUT2D eigenvalue weighted by molar-refractivity contribution is -0.385. The molecule has 0 saturated carbocycles. The lowest BCUT2D eigenvalue weighted by Crippen LogP contribution is -2.14. The standard InChI is InChI=1S/C17H15NO7/c1-22-17(19)11-2-4-15(5-3-11)24-9-13-7-14(18(20)21)6-12-8-23-10-25-16(12)13/h2-7H,8-10H2,1H3. The molecule has 0 atom stereocenters. The summed E-state index contributed by atoms with van der Waals surface area (Å²) in [7, 11) is 1.31. The second kappa shape index (κ2) is 7.18. The van der Waals surface area contributed by atoms with E-state index in [-0.39, 0.29) is 25.7 Å². The zero-order chi connectivity index (χ0) is 17.8. The van der Waals surface area contributed by atoms with Crippen LogP contribution in [0.2, 0.25) is 0 Å². The van der Waals surface area contributed by atoms with Crippen molar-refractivity contribution in [3.05, 3.63) is 63.2 Å². The number of nitro benzene ring substituents is 1. The van der Waals surface area contributed by atoms with Crippen LogP contribution in [0.3, 0.4) is 0 Å². The average Bonchev–Trinajstić information content (AvgIpc) is 2.65. The minimum Gasteiger partial charge on any atom is -0.489 e. The van der Waals surface area contributed by atoms with E-state index in [1.54, 1.807) is 24.3 Å². The lowest BCUT2D eigenvalue weighted by atomic mass is 10.1. The van der Waals surface area contributed by atoms with Crippen LogP contribution in [0.5, 0.6) is 11.5 Å². The maximum Gasteiger partial charge on any atom is 0.337 e. The summed E-state index contributed by atoms with van der Waals surface area (Å²) in [5.41, 5.74) is 1.53. The molecule has 2 aromatic carbocycles. The van der Waals surface area contributed by atoms with E-state index in [0.717, 1.165) is 0 Å². The van der Waals surface area contributed by atoms with Crippen molar-refractivity contribution in [1.82, 2.24) is 0 Å². The smallest absolute Gasteiger partial charge is 0.337 e. The Bertz CT molecular complexity index is 801. The fourth-order valence-corrected chi connectivity index (χ4v) is 2.46. The Morgan fingerprint density at radius 1 is 1.28 bits per heavy atom. The van der Waals surface area contributed by atoms with Crippen molar-refractivity contribution in [2.75, 3.05) is 13.9 Å². The Morgan fingerprint density at radius 3 is 2.72 bits per heavy atom. The number of non-ortho nitro benzene ring substituents is 1. The van der Waals surface area contributed by atoms with Gasteiger partial charge >= 0.3 is 5.97 Å². The van der Waals surface area contributed by atoms with E-state index in [1.165, 1.54) is 19.2 Å². The molecule has 0 aromatic heterocycles. The Hall–Kier alpha value is -3.13. The Morgan fingerprint density at radius 2 is 2.04 bits per heavy atom. The molecule has 1 heterocycles. The fraction of sp³-hybridized carbons (Fsp3) is 0.235. The van der Waals surface area contributed by atoms with Crippen LogP contribution >= 0.6 is 0 Å². The van der Waals surface area contributed by atoms with Gasteiger partial charge in [0.15, 0.2) is 6.79 Å². The normalized spacial score (nSPS) is 12.7. The van der Waals surface area contributed by atoms with Crippen LogP contribution in [0.15, 0.2) is 36.4 Å². The number of methoxy groups -OCH3 is 1. The second-order valence-corrected chi connectivity index (χ2v) is 5.27. The van der Waals surface area contributed by atoms with Crippen molar-refractivity contribution in [3.8, 4) is 11.5 Å². The summed E-state index contributed by atoms with van der Waals surface area (Å²) in [5.74, 6) is 0.621. The molecule has 25 heavy (non-hydrogen) atoms. The Labute approximate surface area is 143 Å². The molecular weight excluding hydrogens is 330 g/mol. The number of hydrogen-bond donors (Lipinski definition) is 0. The van der Waals surface area contributed by atoms with Crippen molar-refractivity contribution in [2.45, 2.75) is 13.2 Å². The molecular formula is C17H15NO7. The molecule has 0 aliphatic carbocycles. The molecule has 0 radical (unpaired) electrons. The average molecular weight is 345 g/mol. The molecule has 0 unspecified atom stereocenters. The molecule has 0 bridgehead atoms. The summed E-state index contributed by atoms with van der Waals surface area (Å²) < 4.78 is 20.9. The molecule has 0 spiro atoms. The molecule has 0 amide bonds. The minimum atomic E-state index is -0.469. The molecule has 8 nitrogen and oxygen atoms in total. The van der Waals surface area contributed by atoms with E-state index in [9.17, 15) is 14.9 Å². The number of fused-ring (bicyclic) bond motifs is 1. The largest absolute Gasteiger partial charge is 0.489 e. The van der Waals surface area contributed by atoms with Gasteiger partial charge in [-0.25, -0.2) is 4.79 Å². The van der Waals surface area contributed by atoms with Gasteiger partial charge in [0.2, 0.25) is 0 Å². The van der Waals surface area contributed by atoms with E-state index in [0.29, 0.717) is 28.2 Å². The third kappa shape index (κ3) is 3.69. The van der Waals surface area contributed by atoms with Gasteiger partial charge in [-0.05, 0) is 24.3 Å². The van der Waals surface area contributed by atoms with Crippen LogP contribution in [0.1, 0.15) is 21.5 Å². The quantitative estimate of drug-likeness (QED) is 0.467. The number of esters is 1. The van der Waals surface area contributed by atoms with Gasteiger partial charge in [-0.3, -0.25) is 10.1 Å². The van der Waals surface area contributed by atoms with Crippen LogP contribution in [0.4, 0.5) is 5.69 Å². The Balaban J connectivity index is 1.79. The van der Waals surface area contributed by atoms with Crippen LogP contribution in [-0.4, -0.2) is 24.8 Å². The zero-order valence-electron chi connectivity index (χ0n) is 13.4. The molecule has 1 aliphatic heterocycles. The first-order chi connectivity index (χ1) is 12.1. The number of rotatable bonds is 5. The van der Waals surface area contributed by atoms with Gasteiger partial charge in [-0.2, -0.15) is 0 Å². The molecule has 8 heteroatoms. The van der Waals surface area contributed by atoms with Crippen molar-refractivity contribution in [1.29, 1.82) is 0 Å². The number of nitrogens with zero attached hydrogens (tertiary/aromatic N) is 1. The van der Waals surface area contributed by atoms with Gasteiger partial charge in [0.25, 0.3) is 5.69 Å². The fourth-order valence-electron chi connectivity index (χ4n) is 2.46. The summed E-state index contributed by atoms with van der Waals surface area (Å²) in [6.45, 7) is 0.422. The zero-order valence-corrected chi connectivity index (χ0v) is 13.4. The van der Waals surface area contributed by atoms with Gasteiger partial charge in [0, 0.05) is 23.3 Å². The molecule has 0 saturated heterocycles. The highest BCUT2D eigenvalue weighted by atomic mass is 16.7. The summed E-state index contributed by atoms with van der Waals surface area (Å²) in [4.78, 5) is 22.0. The molecule has 2 aromatic rings. The van der Waals surface area contributed by atoms with E-state index < -0.39 is 10.9 Å². The van der Waals surface area contributed by atoms with Crippen LogP contribution < -0.4 is 9.47 Å². The molecule has 0 fully saturated rings. The number of carbonyl (C=O) groups excluding carboxylic acids is 1. The van der Waals surface area contributed by atoms with E-state index >= 15 is 0 Å². The highest BCUT2D eigenvalue weighted by Gasteiger charge is 2.21. The van der Waals surface area contributed by atoms with Crippen molar-refractivity contribution in [2.24, 2.45) is 0 Å². The highest BCUT2D eigenvalue weighted by molar-refractivity contribution is 5.89. The summed E-state index contributed by atoms with van der Waals surface area (Å²) >= 11 is 0. The lowest BCUT2D eigenvalue weighted by Gasteiger charge is -2.20. The second-order valence-electron chi connectivity index (χ2n) is 5.27. The van der Waals surface area contributed by atoms with Gasteiger partial charge in [0.05, 0.1) is 24.2 Å². The first-order valence-corrected chi connectivity index (χ1v) is 7.40. The molecule has 1 aliphatic rings. The van der Waals surface area contributed by atoms with Crippen molar-refractivity contribution >= 4 is 11.7 Å². The maximum absolute atomic E-state index is 11.4. The molecule has 130 valence electrons. The van der Waals surface area contributed by atoms with E-state index in [4.69, 9.17) is 14.2 Å². The highest BCUT2D eigenvalue weighted by Crippen LogP contribution is 2.33. The van der Waals surface area contributed by atoms with Crippen LogP contribution in [-0.2, 0) is 22.7 Å². The number of hydrogen-bond acceptors (Lipinski definition) is 7. The monoisotopic (exact) mass is 345 g/mol. The third-order valence-electron chi connectivity index (χ3n) is 3.65. The van der Waals surface area contributed by atoms with Crippen molar-refractivity contribution in [3.63, 3.8) is 0 Å². The van der Waals surface area contributed by atoms with Crippen molar-refractivity contribution < 1.29 is 28.7 Å². The molecule has 0 N–H and O–H groups in total. The minimum absolute atomic E-state index is 0.0486. The molecule has 3 rings (SSSR count). The first-order valence-electron chi connectivity index (χ1n) is 7.40. The number of benzene rings is 2. The Kier molecular flexibility index (Phi) is 4.80. The van der Waals surface area contributed by atoms with Gasteiger partial charge in [0.1, 0.15) is 18.1 Å². The summed E-state index contributed by atoms with van der Waals surface area (Å²) in [5, 5.41) is 11.1. The number of nitro groups is 1. The van der Waals surface area contributed by atoms with Crippen LogP contribution in [0, 0.1) is 10.1 Å². The number of ether oxygens (including phenoxy) is 4. The van der Waals surface area contributed by atoms with Crippen LogP contribution in [0.25, 0.3) is 0 Å².